The lowest BCUT2D eigenvalue weighted by atomic mass is 10.2. The van der Waals surface area contributed by atoms with Crippen LogP contribution in [0.3, 0.4) is 0 Å². The van der Waals surface area contributed by atoms with Gasteiger partial charge >= 0.3 is 0 Å². The highest BCUT2D eigenvalue weighted by molar-refractivity contribution is 9.10. The van der Waals surface area contributed by atoms with Crippen LogP contribution in [0, 0.1) is 0 Å². The molecule has 10 heteroatoms. The third-order valence-electron chi connectivity index (χ3n) is 4.76. The Hall–Kier alpha value is -3.63. The number of ether oxygens (including phenoxy) is 2. The largest absolute Gasteiger partial charge is 0.494 e. The molecule has 1 heterocycles. The molecule has 184 valence electrons. The summed E-state index contributed by atoms with van der Waals surface area (Å²) in [6.07, 6.45) is 1.71. The number of para-hydroxylation sites is 1. The first kappa shape index (κ1) is 25.5. The zero-order chi connectivity index (χ0) is 25.2. The number of rotatable bonds is 11. The zero-order valence-electron chi connectivity index (χ0n) is 19.5. The molecule has 36 heavy (non-hydrogen) atoms. The van der Waals surface area contributed by atoms with E-state index in [0.717, 1.165) is 15.8 Å². The SMILES string of the molecule is CCOc1ccc(NC(=O)CSc2nnc(COc3ccccc3)n2N=Cc2ccc(Br)cc2)cc1. The molecule has 0 aliphatic carbocycles. The van der Waals surface area contributed by atoms with Crippen molar-refractivity contribution >= 4 is 45.5 Å². The molecule has 0 aliphatic heterocycles. The van der Waals surface area contributed by atoms with Gasteiger partial charge < -0.3 is 14.8 Å². The van der Waals surface area contributed by atoms with Crippen molar-refractivity contribution in [1.82, 2.24) is 14.9 Å². The monoisotopic (exact) mass is 565 g/mol. The summed E-state index contributed by atoms with van der Waals surface area (Å²) in [5.74, 6) is 1.96. The van der Waals surface area contributed by atoms with Gasteiger partial charge in [-0.3, -0.25) is 4.79 Å². The number of halogens is 1. The maximum atomic E-state index is 12.5. The van der Waals surface area contributed by atoms with Crippen LogP contribution in [0.5, 0.6) is 11.5 Å². The van der Waals surface area contributed by atoms with Gasteiger partial charge in [-0.05, 0) is 61.0 Å². The minimum Gasteiger partial charge on any atom is -0.494 e. The predicted octanol–water partition coefficient (Wildman–Crippen LogP) is 5.63. The number of hydrogen-bond donors (Lipinski definition) is 1. The number of thioether (sulfide) groups is 1. The standard InChI is InChI=1S/C26H24BrN5O3S/c1-2-34-23-14-12-21(13-15-23)29-25(33)18-36-26-31-30-24(17-35-22-6-4-3-5-7-22)32(26)28-16-19-8-10-20(27)11-9-19/h3-16H,2,17-18H2,1H3,(H,29,33). The summed E-state index contributed by atoms with van der Waals surface area (Å²) in [5, 5.41) is 16.4. The van der Waals surface area contributed by atoms with Crippen LogP contribution in [0.1, 0.15) is 18.3 Å². The second-order valence-corrected chi connectivity index (χ2v) is 9.26. The van der Waals surface area contributed by atoms with Gasteiger partial charge in [0.1, 0.15) is 18.1 Å². The van der Waals surface area contributed by atoms with Gasteiger partial charge in [0.2, 0.25) is 11.1 Å². The first-order valence-corrected chi connectivity index (χ1v) is 13.0. The molecule has 0 aliphatic rings. The fourth-order valence-corrected chi connectivity index (χ4v) is 4.03. The van der Waals surface area contributed by atoms with Crippen LogP contribution in [-0.4, -0.2) is 39.4 Å². The Labute approximate surface area is 221 Å². The summed E-state index contributed by atoms with van der Waals surface area (Å²) in [5.41, 5.74) is 1.60. The fourth-order valence-electron chi connectivity index (χ4n) is 3.06. The van der Waals surface area contributed by atoms with Gasteiger partial charge in [-0.1, -0.05) is 58.0 Å². The van der Waals surface area contributed by atoms with Crippen LogP contribution >= 0.6 is 27.7 Å². The van der Waals surface area contributed by atoms with E-state index in [2.05, 4.69) is 36.5 Å². The lowest BCUT2D eigenvalue weighted by molar-refractivity contribution is -0.113. The first-order chi connectivity index (χ1) is 17.6. The van der Waals surface area contributed by atoms with Crippen LogP contribution < -0.4 is 14.8 Å². The minimum absolute atomic E-state index is 0.138. The Bertz CT molecular complexity index is 1300. The van der Waals surface area contributed by atoms with E-state index in [4.69, 9.17) is 9.47 Å². The Morgan fingerprint density at radius 2 is 1.72 bits per heavy atom. The van der Waals surface area contributed by atoms with Crippen molar-refractivity contribution in [3.05, 3.63) is 94.7 Å². The number of carbonyl (C=O) groups excluding carboxylic acids is 1. The van der Waals surface area contributed by atoms with Gasteiger partial charge in [-0.25, -0.2) is 0 Å². The third-order valence-corrected chi connectivity index (χ3v) is 6.21. The summed E-state index contributed by atoms with van der Waals surface area (Å²) in [6.45, 7) is 2.69. The average molecular weight is 566 g/mol. The molecular weight excluding hydrogens is 542 g/mol. The average Bonchev–Trinajstić information content (AvgIpc) is 3.29. The molecule has 8 nitrogen and oxygen atoms in total. The topological polar surface area (TPSA) is 90.6 Å². The minimum atomic E-state index is -0.169. The van der Waals surface area contributed by atoms with Gasteiger partial charge in [-0.15, -0.1) is 10.2 Å². The normalized spacial score (nSPS) is 10.9. The molecular formula is C26H24BrN5O3S. The van der Waals surface area contributed by atoms with Crippen molar-refractivity contribution in [2.45, 2.75) is 18.7 Å². The first-order valence-electron chi connectivity index (χ1n) is 11.2. The van der Waals surface area contributed by atoms with E-state index in [-0.39, 0.29) is 18.3 Å². The molecule has 0 radical (unpaired) electrons. The molecule has 0 saturated carbocycles. The molecule has 4 aromatic rings. The highest BCUT2D eigenvalue weighted by atomic mass is 79.9. The Morgan fingerprint density at radius 3 is 2.44 bits per heavy atom. The van der Waals surface area contributed by atoms with E-state index >= 15 is 0 Å². The molecule has 1 N–H and O–H groups in total. The van der Waals surface area contributed by atoms with Gasteiger partial charge in [0, 0.05) is 10.2 Å². The summed E-state index contributed by atoms with van der Waals surface area (Å²) < 4.78 is 13.9. The van der Waals surface area contributed by atoms with Gasteiger partial charge in [0.25, 0.3) is 0 Å². The van der Waals surface area contributed by atoms with Crippen LogP contribution in [0.15, 0.2) is 93.6 Å². The highest BCUT2D eigenvalue weighted by Crippen LogP contribution is 2.20. The summed E-state index contributed by atoms with van der Waals surface area (Å²) in [6, 6.07) is 24.5. The zero-order valence-corrected chi connectivity index (χ0v) is 21.9. The van der Waals surface area contributed by atoms with Crippen LogP contribution in [0.2, 0.25) is 0 Å². The number of nitrogens with one attached hydrogen (secondary N) is 1. The van der Waals surface area contributed by atoms with Crippen molar-refractivity contribution in [3.8, 4) is 11.5 Å². The van der Waals surface area contributed by atoms with Crippen molar-refractivity contribution in [1.29, 1.82) is 0 Å². The summed E-state index contributed by atoms with van der Waals surface area (Å²) >= 11 is 4.68. The van der Waals surface area contributed by atoms with Crippen LogP contribution in [0.4, 0.5) is 5.69 Å². The van der Waals surface area contributed by atoms with E-state index in [0.29, 0.717) is 29.0 Å². The van der Waals surface area contributed by atoms with E-state index in [1.54, 1.807) is 23.0 Å². The number of nitrogens with zero attached hydrogens (tertiary/aromatic N) is 4. The molecule has 3 aromatic carbocycles. The summed E-state index contributed by atoms with van der Waals surface area (Å²) in [4.78, 5) is 12.5. The smallest absolute Gasteiger partial charge is 0.234 e. The lowest BCUT2D eigenvalue weighted by Crippen LogP contribution is -2.14. The molecule has 0 atom stereocenters. The van der Waals surface area contributed by atoms with Crippen LogP contribution in [-0.2, 0) is 11.4 Å². The lowest BCUT2D eigenvalue weighted by Gasteiger charge is -2.08. The van der Waals surface area contributed by atoms with Crippen molar-refractivity contribution in [3.63, 3.8) is 0 Å². The molecule has 0 saturated heterocycles. The molecule has 1 aromatic heterocycles. The second kappa shape index (κ2) is 12.9. The number of carbonyl (C=O) groups is 1. The van der Waals surface area contributed by atoms with E-state index in [1.807, 2.05) is 73.7 Å². The number of aromatic nitrogens is 3. The number of anilines is 1. The Balaban J connectivity index is 1.45. The fraction of sp³-hybridized carbons (Fsp3) is 0.154. The van der Waals surface area contributed by atoms with E-state index in [9.17, 15) is 4.79 Å². The predicted molar refractivity (Wildman–Crippen MR) is 145 cm³/mol. The Kier molecular flexibility index (Phi) is 9.12. The molecule has 0 unspecified atom stereocenters. The maximum absolute atomic E-state index is 12.5. The van der Waals surface area contributed by atoms with Gasteiger partial charge in [0.15, 0.2) is 5.82 Å². The molecule has 0 spiro atoms. The Morgan fingerprint density at radius 1 is 1.00 bits per heavy atom. The second-order valence-electron chi connectivity index (χ2n) is 7.40. The van der Waals surface area contributed by atoms with Crippen molar-refractivity contribution < 1.29 is 14.3 Å². The van der Waals surface area contributed by atoms with Crippen molar-refractivity contribution in [2.75, 3.05) is 17.7 Å². The van der Waals surface area contributed by atoms with Crippen molar-refractivity contribution in [2.24, 2.45) is 5.10 Å². The maximum Gasteiger partial charge on any atom is 0.234 e. The van der Waals surface area contributed by atoms with E-state index in [1.165, 1.54) is 11.8 Å². The quantitative estimate of drug-likeness (QED) is 0.187. The van der Waals surface area contributed by atoms with Crippen LogP contribution in [0.25, 0.3) is 0 Å². The summed E-state index contributed by atoms with van der Waals surface area (Å²) in [7, 11) is 0. The molecule has 4 rings (SSSR count). The number of hydrogen-bond acceptors (Lipinski definition) is 7. The molecule has 1 amide bonds. The van der Waals surface area contributed by atoms with E-state index < -0.39 is 0 Å². The van der Waals surface area contributed by atoms with Gasteiger partial charge in [0.05, 0.1) is 18.6 Å². The third kappa shape index (κ3) is 7.43. The van der Waals surface area contributed by atoms with Gasteiger partial charge in [-0.2, -0.15) is 9.78 Å². The molecule has 0 fully saturated rings. The molecule has 0 bridgehead atoms. The number of amides is 1. The highest BCUT2D eigenvalue weighted by Gasteiger charge is 2.15. The number of benzene rings is 3.